The van der Waals surface area contributed by atoms with E-state index in [1.165, 1.54) is 0 Å². The first-order valence-corrected chi connectivity index (χ1v) is 6.88. The van der Waals surface area contributed by atoms with Gasteiger partial charge in [0.25, 0.3) is 0 Å². The fourth-order valence-corrected chi connectivity index (χ4v) is 2.13. The minimum absolute atomic E-state index is 0.148. The van der Waals surface area contributed by atoms with Gasteiger partial charge in [0.05, 0.1) is 14.2 Å². The standard InChI is InChI=1S/C16H20BNO3/c1-19-15-7-3-13(4-8-15)17(21-12-11-18)14-5-9-16(20-2)10-6-14/h3-10H,11-12,18H2,1-2H3. The number of rotatable bonds is 7. The van der Waals surface area contributed by atoms with Crippen molar-refractivity contribution >= 4 is 17.8 Å². The van der Waals surface area contributed by atoms with Gasteiger partial charge in [-0.3, -0.25) is 0 Å². The summed E-state index contributed by atoms with van der Waals surface area (Å²) in [5.41, 5.74) is 7.69. The van der Waals surface area contributed by atoms with E-state index in [1.54, 1.807) is 14.2 Å². The van der Waals surface area contributed by atoms with Crippen molar-refractivity contribution in [2.45, 2.75) is 0 Å². The quantitative estimate of drug-likeness (QED) is 0.764. The summed E-state index contributed by atoms with van der Waals surface area (Å²) in [6.45, 7) is 0.844. The second-order valence-electron chi connectivity index (χ2n) is 4.59. The molecule has 0 saturated carbocycles. The normalized spacial score (nSPS) is 10.2. The lowest BCUT2D eigenvalue weighted by atomic mass is 9.55. The van der Waals surface area contributed by atoms with Crippen LogP contribution in [-0.2, 0) is 4.65 Å². The molecule has 0 spiro atoms. The molecule has 0 heterocycles. The molecule has 0 atom stereocenters. The topological polar surface area (TPSA) is 53.7 Å². The van der Waals surface area contributed by atoms with E-state index in [0.717, 1.165) is 22.4 Å². The molecule has 4 nitrogen and oxygen atoms in total. The third kappa shape index (κ3) is 4.00. The molecule has 0 aromatic heterocycles. The number of hydrogen-bond acceptors (Lipinski definition) is 4. The van der Waals surface area contributed by atoms with E-state index in [1.807, 2.05) is 48.5 Å². The van der Waals surface area contributed by atoms with Gasteiger partial charge in [0, 0.05) is 13.2 Å². The van der Waals surface area contributed by atoms with E-state index in [0.29, 0.717) is 13.2 Å². The van der Waals surface area contributed by atoms with Crippen LogP contribution in [0, 0.1) is 0 Å². The Morgan fingerprint density at radius 2 is 1.24 bits per heavy atom. The first kappa shape index (κ1) is 15.4. The van der Waals surface area contributed by atoms with Crippen LogP contribution in [0.3, 0.4) is 0 Å². The van der Waals surface area contributed by atoms with Crippen LogP contribution in [-0.4, -0.2) is 34.3 Å². The molecular formula is C16H20BNO3. The average Bonchev–Trinajstić information content (AvgIpc) is 2.56. The van der Waals surface area contributed by atoms with Crippen LogP contribution in [0.2, 0.25) is 0 Å². The van der Waals surface area contributed by atoms with Gasteiger partial charge in [0.2, 0.25) is 0 Å². The zero-order valence-corrected chi connectivity index (χ0v) is 12.4. The summed E-state index contributed by atoms with van der Waals surface area (Å²) >= 11 is 0. The van der Waals surface area contributed by atoms with Crippen LogP contribution in [0.15, 0.2) is 48.5 Å². The molecule has 0 amide bonds. The largest absolute Gasteiger partial charge is 0.497 e. The summed E-state index contributed by atoms with van der Waals surface area (Å²) in [5, 5.41) is 0. The van der Waals surface area contributed by atoms with Crippen LogP contribution >= 0.6 is 0 Å². The number of nitrogens with two attached hydrogens (primary N) is 1. The summed E-state index contributed by atoms with van der Waals surface area (Å²) in [6, 6.07) is 15.7. The zero-order valence-electron chi connectivity index (χ0n) is 12.4. The van der Waals surface area contributed by atoms with Crippen molar-refractivity contribution in [3.8, 4) is 11.5 Å². The van der Waals surface area contributed by atoms with Gasteiger partial charge in [0.1, 0.15) is 11.5 Å². The smallest absolute Gasteiger partial charge is 0.361 e. The second-order valence-corrected chi connectivity index (χ2v) is 4.59. The Hall–Kier alpha value is -1.98. The fraction of sp³-hybridized carbons (Fsp3) is 0.250. The molecule has 5 heteroatoms. The van der Waals surface area contributed by atoms with Crippen LogP contribution < -0.4 is 26.1 Å². The van der Waals surface area contributed by atoms with E-state index in [2.05, 4.69) is 0 Å². The highest BCUT2D eigenvalue weighted by Crippen LogP contribution is 2.09. The van der Waals surface area contributed by atoms with Crippen molar-refractivity contribution in [1.82, 2.24) is 0 Å². The zero-order chi connectivity index (χ0) is 15.1. The minimum atomic E-state index is -0.148. The molecule has 2 rings (SSSR count). The van der Waals surface area contributed by atoms with E-state index >= 15 is 0 Å². The van der Waals surface area contributed by atoms with Gasteiger partial charge in [-0.15, -0.1) is 0 Å². The first-order chi connectivity index (χ1) is 10.3. The lowest BCUT2D eigenvalue weighted by Crippen LogP contribution is -2.45. The summed E-state index contributed by atoms with van der Waals surface area (Å²) in [5.74, 6) is 1.65. The Kier molecular flexibility index (Phi) is 5.66. The molecule has 0 saturated heterocycles. The van der Waals surface area contributed by atoms with Gasteiger partial charge in [0.15, 0.2) is 0 Å². The molecule has 2 aromatic carbocycles. The van der Waals surface area contributed by atoms with Crippen LogP contribution in [0.4, 0.5) is 0 Å². The van der Waals surface area contributed by atoms with Crippen molar-refractivity contribution in [2.75, 3.05) is 27.4 Å². The highest BCUT2D eigenvalue weighted by atomic mass is 16.5. The van der Waals surface area contributed by atoms with Gasteiger partial charge >= 0.3 is 6.92 Å². The molecule has 0 fully saturated rings. The molecular weight excluding hydrogens is 265 g/mol. The van der Waals surface area contributed by atoms with E-state index in [4.69, 9.17) is 19.9 Å². The second kappa shape index (κ2) is 7.71. The van der Waals surface area contributed by atoms with E-state index in [9.17, 15) is 0 Å². The maximum atomic E-state index is 5.90. The molecule has 0 aliphatic rings. The SMILES string of the molecule is COc1ccc(B(OCCN)c2ccc(OC)cc2)cc1. The van der Waals surface area contributed by atoms with Gasteiger partial charge in [-0.1, -0.05) is 24.3 Å². The van der Waals surface area contributed by atoms with Crippen LogP contribution in [0.25, 0.3) is 0 Å². The Morgan fingerprint density at radius 3 is 1.57 bits per heavy atom. The summed E-state index contributed by atoms with van der Waals surface area (Å²) < 4.78 is 16.3. The van der Waals surface area contributed by atoms with Crippen LogP contribution in [0.1, 0.15) is 0 Å². The number of benzene rings is 2. The van der Waals surface area contributed by atoms with E-state index in [-0.39, 0.29) is 6.92 Å². The molecule has 0 unspecified atom stereocenters. The third-order valence-corrected chi connectivity index (χ3v) is 3.24. The maximum Gasteiger partial charge on any atom is 0.361 e. The van der Waals surface area contributed by atoms with Gasteiger partial charge < -0.3 is 19.9 Å². The van der Waals surface area contributed by atoms with Crippen molar-refractivity contribution < 1.29 is 14.1 Å². The minimum Gasteiger partial charge on any atom is -0.497 e. The van der Waals surface area contributed by atoms with E-state index < -0.39 is 0 Å². The lowest BCUT2D eigenvalue weighted by Gasteiger charge is -2.15. The molecule has 0 aliphatic heterocycles. The van der Waals surface area contributed by atoms with Crippen LogP contribution in [0.5, 0.6) is 11.5 Å². The van der Waals surface area contributed by atoms with Crippen molar-refractivity contribution in [2.24, 2.45) is 5.73 Å². The third-order valence-electron chi connectivity index (χ3n) is 3.24. The Labute approximate surface area is 125 Å². The molecule has 110 valence electrons. The summed E-state index contributed by atoms with van der Waals surface area (Å²) in [6.07, 6.45) is 0. The van der Waals surface area contributed by atoms with Gasteiger partial charge in [-0.2, -0.15) is 0 Å². The molecule has 2 N–H and O–H groups in total. The number of ether oxygens (including phenoxy) is 2. The monoisotopic (exact) mass is 285 g/mol. The Balaban J connectivity index is 2.26. The average molecular weight is 285 g/mol. The summed E-state index contributed by atoms with van der Waals surface area (Å²) in [4.78, 5) is 0. The maximum absolute atomic E-state index is 5.90. The predicted octanol–water partition coefficient (Wildman–Crippen LogP) is 0.785. The molecule has 0 radical (unpaired) electrons. The molecule has 0 bridgehead atoms. The van der Waals surface area contributed by atoms with Gasteiger partial charge in [-0.05, 0) is 35.2 Å². The molecule has 2 aromatic rings. The molecule has 0 aliphatic carbocycles. The van der Waals surface area contributed by atoms with Crippen molar-refractivity contribution in [3.05, 3.63) is 48.5 Å². The predicted molar refractivity (Wildman–Crippen MR) is 86.0 cm³/mol. The highest BCUT2D eigenvalue weighted by molar-refractivity contribution is 6.80. The Bertz CT molecular complexity index is 495. The summed E-state index contributed by atoms with van der Waals surface area (Å²) in [7, 11) is 3.31. The lowest BCUT2D eigenvalue weighted by molar-refractivity contribution is 0.344. The highest BCUT2D eigenvalue weighted by Gasteiger charge is 2.21. The first-order valence-electron chi connectivity index (χ1n) is 6.88. The molecule has 21 heavy (non-hydrogen) atoms. The number of methoxy groups -OCH3 is 2. The number of hydrogen-bond donors (Lipinski definition) is 1. The van der Waals surface area contributed by atoms with Gasteiger partial charge in [-0.25, -0.2) is 0 Å². The fourth-order valence-electron chi connectivity index (χ4n) is 2.13. The Morgan fingerprint density at radius 1 is 0.810 bits per heavy atom. The van der Waals surface area contributed by atoms with Crippen molar-refractivity contribution in [1.29, 1.82) is 0 Å². The van der Waals surface area contributed by atoms with Crippen molar-refractivity contribution in [3.63, 3.8) is 0 Å².